The van der Waals surface area contributed by atoms with E-state index in [4.69, 9.17) is 18.0 Å². The molecular formula is C12H25ClO5Si. The molecule has 0 bridgehead atoms. The molecule has 0 rings (SSSR count). The molecular weight excluding hydrogens is 288 g/mol. The van der Waals surface area contributed by atoms with E-state index in [0.717, 1.165) is 6.08 Å². The van der Waals surface area contributed by atoms with Crippen LogP contribution in [0.4, 0.5) is 0 Å². The van der Waals surface area contributed by atoms with Gasteiger partial charge in [-0.3, -0.25) is 0 Å². The van der Waals surface area contributed by atoms with E-state index < -0.39 is 14.8 Å². The van der Waals surface area contributed by atoms with E-state index in [1.807, 2.05) is 20.8 Å². The van der Waals surface area contributed by atoms with Crippen LogP contribution in [0.1, 0.15) is 27.2 Å². The minimum absolute atomic E-state index is 0. The minimum Gasteiger partial charge on any atom is -0.463 e. The van der Waals surface area contributed by atoms with Crippen LogP contribution in [0.5, 0.6) is 0 Å². The Hall–Kier alpha value is -0.403. The van der Waals surface area contributed by atoms with Crippen LogP contribution in [0.15, 0.2) is 12.7 Å². The Kier molecular flexibility index (Phi) is 13.9. The zero-order valence-corrected chi connectivity index (χ0v) is 13.8. The number of carbonyl (C=O) groups is 1. The predicted octanol–water partition coefficient (Wildman–Crippen LogP) is 2.58. The summed E-state index contributed by atoms with van der Waals surface area (Å²) in [6.45, 7) is 11.1. The maximum atomic E-state index is 10.9. The van der Waals surface area contributed by atoms with Crippen molar-refractivity contribution in [1.82, 2.24) is 0 Å². The molecule has 0 aliphatic rings. The van der Waals surface area contributed by atoms with E-state index in [9.17, 15) is 4.79 Å². The summed E-state index contributed by atoms with van der Waals surface area (Å²) in [5.41, 5.74) is 0. The van der Waals surface area contributed by atoms with Crippen molar-refractivity contribution in [3.8, 4) is 0 Å². The van der Waals surface area contributed by atoms with Crippen molar-refractivity contribution in [1.29, 1.82) is 0 Å². The fraction of sp³-hybridized carbons (Fsp3) is 0.750. The molecule has 0 fully saturated rings. The first-order valence-electron chi connectivity index (χ1n) is 6.35. The number of carbonyl (C=O) groups excluding carboxylic acids is 1. The maximum absolute atomic E-state index is 10.9. The summed E-state index contributed by atoms with van der Waals surface area (Å²) in [6, 6.07) is 0.646. The lowest BCUT2D eigenvalue weighted by Crippen LogP contribution is -2.46. The molecule has 114 valence electrons. The van der Waals surface area contributed by atoms with Crippen LogP contribution < -0.4 is 0 Å². The molecule has 0 spiro atoms. The first-order chi connectivity index (χ1) is 8.64. The van der Waals surface area contributed by atoms with Crippen molar-refractivity contribution >= 4 is 27.2 Å². The third-order valence-corrected chi connectivity index (χ3v) is 5.28. The van der Waals surface area contributed by atoms with Crippen LogP contribution in [-0.4, -0.2) is 41.2 Å². The number of esters is 1. The predicted molar refractivity (Wildman–Crippen MR) is 78.5 cm³/mol. The summed E-state index contributed by atoms with van der Waals surface area (Å²) in [4.78, 5) is 10.9. The number of hydrogen-bond acceptors (Lipinski definition) is 5. The van der Waals surface area contributed by atoms with Crippen LogP contribution in [0, 0.1) is 0 Å². The van der Waals surface area contributed by atoms with Gasteiger partial charge in [-0.15, -0.1) is 12.4 Å². The molecule has 0 saturated heterocycles. The lowest BCUT2D eigenvalue weighted by Gasteiger charge is -2.28. The summed E-state index contributed by atoms with van der Waals surface area (Å²) in [5.74, 6) is -0.411. The van der Waals surface area contributed by atoms with E-state index >= 15 is 0 Å². The average Bonchev–Trinajstić information content (AvgIpc) is 2.35. The van der Waals surface area contributed by atoms with Crippen molar-refractivity contribution in [2.45, 2.75) is 33.2 Å². The molecule has 19 heavy (non-hydrogen) atoms. The molecule has 0 radical (unpaired) electrons. The Bertz CT molecular complexity index is 233. The smallest absolute Gasteiger partial charge is 0.463 e. The van der Waals surface area contributed by atoms with Crippen LogP contribution >= 0.6 is 12.4 Å². The lowest BCUT2D eigenvalue weighted by molar-refractivity contribution is -0.137. The molecule has 0 aromatic heterocycles. The van der Waals surface area contributed by atoms with E-state index in [1.54, 1.807) is 0 Å². The summed E-state index contributed by atoms with van der Waals surface area (Å²) in [5, 5.41) is 0. The van der Waals surface area contributed by atoms with Gasteiger partial charge in [0.2, 0.25) is 0 Å². The van der Waals surface area contributed by atoms with Crippen molar-refractivity contribution < 1.29 is 22.8 Å². The molecule has 0 saturated carbocycles. The highest BCUT2D eigenvalue weighted by Gasteiger charge is 2.39. The molecule has 0 aromatic rings. The summed E-state index contributed by atoms with van der Waals surface area (Å²) in [6.07, 6.45) is 1.81. The largest absolute Gasteiger partial charge is 0.501 e. The second-order valence-corrected chi connectivity index (χ2v) is 6.19. The Morgan fingerprint density at radius 2 is 1.58 bits per heavy atom. The highest BCUT2D eigenvalue weighted by molar-refractivity contribution is 6.60. The molecule has 0 aromatic carbocycles. The molecule has 0 aliphatic heterocycles. The van der Waals surface area contributed by atoms with Gasteiger partial charge in [-0.05, 0) is 27.2 Å². The van der Waals surface area contributed by atoms with Crippen LogP contribution in [-0.2, 0) is 22.8 Å². The first kappa shape index (κ1) is 20.9. The van der Waals surface area contributed by atoms with Gasteiger partial charge in [0.25, 0.3) is 0 Å². The zero-order valence-electron chi connectivity index (χ0n) is 12.0. The topological polar surface area (TPSA) is 54.0 Å². The minimum atomic E-state index is -2.59. The normalized spacial score (nSPS) is 10.7. The Morgan fingerprint density at radius 3 is 1.95 bits per heavy atom. The molecule has 0 heterocycles. The number of ether oxygens (including phenoxy) is 1. The fourth-order valence-corrected chi connectivity index (χ4v) is 4.10. The Balaban J connectivity index is 0. The van der Waals surface area contributed by atoms with Gasteiger partial charge >= 0.3 is 14.8 Å². The molecule has 0 unspecified atom stereocenters. The van der Waals surface area contributed by atoms with Gasteiger partial charge in [0.1, 0.15) is 0 Å². The molecule has 0 N–H and O–H groups in total. The SMILES string of the molecule is C=CC(=O)OCCC[Si](OCC)(OCC)OCC.Cl. The number of rotatable bonds is 11. The molecule has 0 aliphatic carbocycles. The highest BCUT2D eigenvalue weighted by Crippen LogP contribution is 2.18. The van der Waals surface area contributed by atoms with Gasteiger partial charge in [-0.1, -0.05) is 6.58 Å². The van der Waals surface area contributed by atoms with Crippen LogP contribution in [0.2, 0.25) is 6.04 Å². The van der Waals surface area contributed by atoms with Crippen molar-refractivity contribution in [3.05, 3.63) is 12.7 Å². The van der Waals surface area contributed by atoms with Gasteiger partial charge in [0.05, 0.1) is 6.61 Å². The lowest BCUT2D eigenvalue weighted by atomic mass is 10.5. The van der Waals surface area contributed by atoms with Gasteiger partial charge in [-0.2, -0.15) is 0 Å². The van der Waals surface area contributed by atoms with Crippen LogP contribution in [0.25, 0.3) is 0 Å². The second kappa shape index (κ2) is 12.6. The van der Waals surface area contributed by atoms with E-state index in [-0.39, 0.29) is 12.4 Å². The number of hydrogen-bond donors (Lipinski definition) is 0. The summed E-state index contributed by atoms with van der Waals surface area (Å²) >= 11 is 0. The molecule has 0 amide bonds. The van der Waals surface area contributed by atoms with Crippen molar-refractivity contribution in [2.24, 2.45) is 0 Å². The summed E-state index contributed by atoms with van der Waals surface area (Å²) in [7, 11) is -2.59. The standard InChI is InChI=1S/C12H24O5Si.ClH/c1-5-12(13)14-10-9-11-18(15-6-2,16-7-3)17-8-4;/h5H,1,6-11H2,2-4H3;1H. The van der Waals surface area contributed by atoms with Gasteiger partial charge in [0, 0.05) is 31.9 Å². The van der Waals surface area contributed by atoms with Gasteiger partial charge < -0.3 is 18.0 Å². The van der Waals surface area contributed by atoms with Crippen molar-refractivity contribution in [2.75, 3.05) is 26.4 Å². The Labute approximate surface area is 123 Å². The molecule has 7 heteroatoms. The van der Waals surface area contributed by atoms with E-state index in [2.05, 4.69) is 6.58 Å². The van der Waals surface area contributed by atoms with Crippen LogP contribution in [0.3, 0.4) is 0 Å². The van der Waals surface area contributed by atoms with Gasteiger partial charge in [-0.25, -0.2) is 4.79 Å². The quantitative estimate of drug-likeness (QED) is 0.254. The first-order valence-corrected chi connectivity index (χ1v) is 8.28. The monoisotopic (exact) mass is 312 g/mol. The fourth-order valence-electron chi connectivity index (χ4n) is 1.52. The summed E-state index contributed by atoms with van der Waals surface area (Å²) < 4.78 is 22.0. The highest BCUT2D eigenvalue weighted by atomic mass is 35.5. The third kappa shape index (κ3) is 9.18. The van der Waals surface area contributed by atoms with Gasteiger partial charge in [0.15, 0.2) is 0 Å². The number of halogens is 1. The average molecular weight is 313 g/mol. The zero-order chi connectivity index (χ0) is 13.9. The Morgan fingerprint density at radius 1 is 1.11 bits per heavy atom. The maximum Gasteiger partial charge on any atom is 0.501 e. The molecule has 5 nitrogen and oxygen atoms in total. The molecule has 0 atom stereocenters. The third-order valence-electron chi connectivity index (χ3n) is 2.13. The van der Waals surface area contributed by atoms with E-state index in [1.165, 1.54) is 0 Å². The van der Waals surface area contributed by atoms with Crippen molar-refractivity contribution in [3.63, 3.8) is 0 Å². The van der Waals surface area contributed by atoms with E-state index in [0.29, 0.717) is 38.9 Å². The second-order valence-electron chi connectivity index (χ2n) is 3.46.